The molecule has 0 saturated carbocycles. The summed E-state index contributed by atoms with van der Waals surface area (Å²) in [7, 11) is 0. The predicted octanol–water partition coefficient (Wildman–Crippen LogP) is -0.696. The van der Waals surface area contributed by atoms with E-state index in [2.05, 4.69) is 0 Å². The van der Waals surface area contributed by atoms with Crippen molar-refractivity contribution in [2.24, 2.45) is 0 Å². The van der Waals surface area contributed by atoms with Crippen molar-refractivity contribution in [2.75, 3.05) is 13.1 Å². The van der Waals surface area contributed by atoms with Crippen molar-refractivity contribution in [1.29, 1.82) is 0 Å². The second-order valence-electron chi connectivity index (χ2n) is 3.72. The first-order valence-electron chi connectivity index (χ1n) is 4.72. The molecule has 0 radical (unpaired) electrons. The second-order valence-corrected chi connectivity index (χ2v) is 4.28. The topological polar surface area (TPSA) is 63.9 Å². The summed E-state index contributed by atoms with van der Waals surface area (Å²) < 4.78 is 0. The van der Waals surface area contributed by atoms with Gasteiger partial charge < -0.3 is 0 Å². The number of hydrogen-bond donors (Lipinski definition) is 3. The Morgan fingerprint density at radius 1 is 1.00 bits per heavy atom. The molecule has 0 heterocycles. The monoisotopic (exact) mass is 253 g/mol. The van der Waals surface area contributed by atoms with Crippen LogP contribution in [0.5, 0.6) is 0 Å². The van der Waals surface area contributed by atoms with E-state index in [0.717, 1.165) is 0 Å². The maximum atomic E-state index is 9.30. The van der Waals surface area contributed by atoms with Crippen LogP contribution >= 0.6 is 0 Å². The van der Waals surface area contributed by atoms with E-state index in [4.69, 9.17) is 16.0 Å². The van der Waals surface area contributed by atoms with Gasteiger partial charge in [0.05, 0.1) is 0 Å². The van der Waals surface area contributed by atoms with E-state index in [0.29, 0.717) is 13.1 Å². The Morgan fingerprint density at radius 3 is 1.57 bits per heavy atom. The van der Waals surface area contributed by atoms with E-state index in [-0.39, 0.29) is 0 Å². The third-order valence-corrected chi connectivity index (χ3v) is 2.48. The Kier molecular flexibility index (Phi) is 6.95. The zero-order chi connectivity index (χ0) is 11.3. The minimum absolute atomic E-state index is 0.360. The molecule has 0 rings (SSSR count). The summed E-state index contributed by atoms with van der Waals surface area (Å²) in [4.78, 5) is 1.20. The summed E-state index contributed by atoms with van der Waals surface area (Å²) in [6, 6.07) is 0. The second kappa shape index (κ2) is 6.77. The van der Waals surface area contributed by atoms with Crippen molar-refractivity contribution in [3.63, 3.8) is 0 Å². The Balaban J connectivity index is 4.22. The van der Waals surface area contributed by atoms with Gasteiger partial charge in [-0.25, -0.2) is 0 Å². The molecule has 0 aromatic heterocycles. The fourth-order valence-electron chi connectivity index (χ4n) is 1.24. The average molecular weight is 254 g/mol. The molecule has 0 bridgehead atoms. The van der Waals surface area contributed by atoms with E-state index in [9.17, 15) is 15.3 Å². The molecule has 4 nitrogen and oxygen atoms in total. The van der Waals surface area contributed by atoms with Crippen molar-refractivity contribution < 1.29 is 31.3 Å². The summed E-state index contributed by atoms with van der Waals surface area (Å²) >= 11 is 5.23. The number of rotatable bonds is 6. The Labute approximate surface area is 93.7 Å². The van der Waals surface area contributed by atoms with Crippen LogP contribution in [0.25, 0.3) is 0 Å². The molecule has 0 saturated heterocycles. The first-order chi connectivity index (χ1) is 6.34. The van der Waals surface area contributed by atoms with Gasteiger partial charge in [0.15, 0.2) is 0 Å². The van der Waals surface area contributed by atoms with Crippen LogP contribution in [-0.2, 0) is 16.0 Å². The first-order valence-corrected chi connectivity index (χ1v) is 5.26. The van der Waals surface area contributed by atoms with E-state index in [1.54, 1.807) is 25.7 Å². The van der Waals surface area contributed by atoms with Gasteiger partial charge in [0, 0.05) is 0 Å². The van der Waals surface area contributed by atoms with Crippen LogP contribution in [-0.4, -0.2) is 56.6 Å². The van der Waals surface area contributed by atoms with E-state index in [1.807, 2.05) is 0 Å². The summed E-state index contributed by atoms with van der Waals surface area (Å²) in [6.07, 6.45) is -1.70. The molecule has 0 aliphatic heterocycles. The van der Waals surface area contributed by atoms with Crippen LogP contribution < -0.4 is 0 Å². The number of hydrogen-bond acceptors (Lipinski definition) is 4. The van der Waals surface area contributed by atoms with Crippen molar-refractivity contribution in [1.82, 2.24) is 4.90 Å². The van der Waals surface area contributed by atoms with Crippen LogP contribution in [0, 0.1) is 0 Å². The zero-order valence-corrected chi connectivity index (χ0v) is 9.76. The molecular formula is C9H20CuNO3. The quantitative estimate of drug-likeness (QED) is 0.548. The van der Waals surface area contributed by atoms with Crippen molar-refractivity contribution in [2.45, 2.75) is 44.0 Å². The normalized spacial score (nSPS) is 20.6. The molecule has 0 aromatic carbocycles. The molecule has 0 aliphatic rings. The summed E-state index contributed by atoms with van der Waals surface area (Å²) in [5.41, 5.74) is 0. The van der Waals surface area contributed by atoms with Gasteiger partial charge in [0.1, 0.15) is 0 Å². The first kappa shape index (κ1) is 14.4. The molecule has 0 amide bonds. The van der Waals surface area contributed by atoms with Crippen LogP contribution in [0.15, 0.2) is 0 Å². The van der Waals surface area contributed by atoms with E-state index in [1.165, 1.54) is 0 Å². The standard InChI is InChI=1S/C9H20NO3.Cu/c1-7(11)4-10(5-8(2)12)6-9(3)13;/h4,7-9,11-13H,5-6H2,1-3H3;. The fraction of sp³-hybridized carbons (Fsp3) is 1.00. The molecule has 3 N–H and O–H groups in total. The van der Waals surface area contributed by atoms with Gasteiger partial charge in [-0.2, -0.15) is 0 Å². The van der Waals surface area contributed by atoms with Crippen LogP contribution in [0.2, 0.25) is 0 Å². The number of aliphatic hydroxyl groups excluding tert-OH is 3. The van der Waals surface area contributed by atoms with E-state index < -0.39 is 23.3 Å². The number of aliphatic hydroxyl groups is 3. The molecule has 4 unspecified atom stereocenters. The Bertz CT molecular complexity index is 143. The molecule has 14 heavy (non-hydrogen) atoms. The van der Waals surface area contributed by atoms with Gasteiger partial charge in [0.25, 0.3) is 0 Å². The molecule has 0 aromatic rings. The minimum atomic E-state index is -0.660. The van der Waals surface area contributed by atoms with Crippen LogP contribution in [0.3, 0.4) is 0 Å². The third-order valence-electron chi connectivity index (χ3n) is 1.68. The van der Waals surface area contributed by atoms with Crippen LogP contribution in [0.1, 0.15) is 20.8 Å². The van der Waals surface area contributed by atoms with Gasteiger partial charge in [-0.3, -0.25) is 0 Å². The molecule has 0 aliphatic carbocycles. The zero-order valence-electron chi connectivity index (χ0n) is 8.81. The summed E-state index contributed by atoms with van der Waals surface area (Å²) in [5.74, 6) is 0. The van der Waals surface area contributed by atoms with Gasteiger partial charge in [-0.05, 0) is 0 Å². The summed E-state index contributed by atoms with van der Waals surface area (Å²) in [5, 5.41) is 27.7. The maximum absolute atomic E-state index is 9.30. The predicted molar refractivity (Wildman–Crippen MR) is 50.4 cm³/mol. The Morgan fingerprint density at radius 2 is 1.36 bits per heavy atom. The molecular weight excluding hydrogens is 234 g/mol. The van der Waals surface area contributed by atoms with Gasteiger partial charge in [-0.1, -0.05) is 0 Å². The third kappa shape index (κ3) is 5.96. The van der Waals surface area contributed by atoms with Crippen molar-refractivity contribution in [3.05, 3.63) is 0 Å². The average Bonchev–Trinajstić information content (AvgIpc) is 1.99. The molecule has 0 spiro atoms. The Hall–Kier alpha value is 0.359. The number of nitrogens with zero attached hydrogens (tertiary/aromatic N) is 1. The van der Waals surface area contributed by atoms with E-state index >= 15 is 0 Å². The van der Waals surface area contributed by atoms with Gasteiger partial charge in [0.2, 0.25) is 0 Å². The SMILES string of the molecule is CC(O)CN(CC(C)O)[CH]([Cu])C(C)O. The fourth-order valence-corrected chi connectivity index (χ4v) is 1.44. The van der Waals surface area contributed by atoms with Gasteiger partial charge in [-0.15, -0.1) is 0 Å². The molecule has 4 atom stereocenters. The molecule has 90 valence electrons. The van der Waals surface area contributed by atoms with Gasteiger partial charge >= 0.3 is 93.3 Å². The van der Waals surface area contributed by atoms with Crippen LogP contribution in [0.4, 0.5) is 0 Å². The molecule has 5 heteroatoms. The van der Waals surface area contributed by atoms with Crippen molar-refractivity contribution >= 4 is 0 Å². The summed E-state index contributed by atoms with van der Waals surface area (Å²) in [6.45, 7) is 5.62. The molecule has 0 fully saturated rings. The van der Waals surface area contributed by atoms with Crippen molar-refractivity contribution in [3.8, 4) is 0 Å².